The molecule has 0 spiro atoms. The van der Waals surface area contributed by atoms with Gasteiger partial charge in [-0.3, -0.25) is 0 Å². The van der Waals surface area contributed by atoms with Crippen molar-refractivity contribution in [3.63, 3.8) is 0 Å². The molecule has 1 aromatic heterocycles. The Hall–Kier alpha value is -2.02. The van der Waals surface area contributed by atoms with Gasteiger partial charge in [0.15, 0.2) is 0 Å². The van der Waals surface area contributed by atoms with Gasteiger partial charge in [0.25, 0.3) is 0 Å². The van der Waals surface area contributed by atoms with Crippen LogP contribution in [-0.4, -0.2) is 18.1 Å². The molecule has 0 amide bonds. The van der Waals surface area contributed by atoms with Gasteiger partial charge in [-0.05, 0) is 30.5 Å². The SMILES string of the molecule is COC(=O)C#Cc1cc(C)cc(N)n1. The maximum atomic E-state index is 10.7. The van der Waals surface area contributed by atoms with E-state index < -0.39 is 5.97 Å². The molecule has 0 unspecified atom stereocenters. The first-order chi connectivity index (χ1) is 6.61. The highest BCUT2D eigenvalue weighted by atomic mass is 16.5. The molecule has 1 heterocycles. The second-order valence-corrected chi connectivity index (χ2v) is 2.70. The number of nitrogens with two attached hydrogens (primary N) is 1. The quantitative estimate of drug-likeness (QED) is 0.478. The van der Waals surface area contributed by atoms with Gasteiger partial charge >= 0.3 is 5.97 Å². The average Bonchev–Trinajstić information content (AvgIpc) is 2.12. The number of methoxy groups -OCH3 is 1. The zero-order valence-electron chi connectivity index (χ0n) is 8.00. The molecule has 72 valence electrons. The van der Waals surface area contributed by atoms with Crippen LogP contribution in [0.2, 0.25) is 0 Å². The predicted molar refractivity (Wildman–Crippen MR) is 52.3 cm³/mol. The van der Waals surface area contributed by atoms with Crippen molar-refractivity contribution in [1.29, 1.82) is 0 Å². The smallest absolute Gasteiger partial charge is 0.384 e. The van der Waals surface area contributed by atoms with Crippen LogP contribution in [0.5, 0.6) is 0 Å². The van der Waals surface area contributed by atoms with Gasteiger partial charge in [-0.1, -0.05) is 0 Å². The Morgan fingerprint density at radius 1 is 1.57 bits per heavy atom. The topological polar surface area (TPSA) is 65.2 Å². The van der Waals surface area contributed by atoms with Crippen molar-refractivity contribution in [2.24, 2.45) is 0 Å². The van der Waals surface area contributed by atoms with Crippen LogP contribution in [-0.2, 0) is 9.53 Å². The second kappa shape index (κ2) is 4.28. The van der Waals surface area contributed by atoms with Crippen LogP contribution in [0.25, 0.3) is 0 Å². The molecule has 4 nitrogen and oxygen atoms in total. The lowest BCUT2D eigenvalue weighted by Gasteiger charge is -1.96. The molecule has 0 saturated heterocycles. The largest absolute Gasteiger partial charge is 0.459 e. The Labute approximate surface area is 82.1 Å². The first-order valence-corrected chi connectivity index (χ1v) is 3.96. The van der Waals surface area contributed by atoms with Gasteiger partial charge in [-0.2, -0.15) is 0 Å². The first kappa shape index (κ1) is 10.1. The summed E-state index contributed by atoms with van der Waals surface area (Å²) in [4.78, 5) is 14.6. The summed E-state index contributed by atoms with van der Waals surface area (Å²) in [5.41, 5.74) is 6.92. The number of pyridine rings is 1. The van der Waals surface area contributed by atoms with Gasteiger partial charge in [-0.25, -0.2) is 9.78 Å². The first-order valence-electron chi connectivity index (χ1n) is 3.96. The lowest BCUT2D eigenvalue weighted by Crippen LogP contribution is -1.96. The lowest BCUT2D eigenvalue weighted by molar-refractivity contribution is -0.133. The summed E-state index contributed by atoms with van der Waals surface area (Å²) in [5, 5.41) is 0. The highest BCUT2D eigenvalue weighted by molar-refractivity contribution is 5.88. The van der Waals surface area contributed by atoms with Crippen LogP contribution in [0.4, 0.5) is 5.82 Å². The Morgan fingerprint density at radius 3 is 2.86 bits per heavy atom. The summed E-state index contributed by atoms with van der Waals surface area (Å²) in [6, 6.07) is 3.47. The van der Waals surface area contributed by atoms with E-state index >= 15 is 0 Å². The van der Waals surface area contributed by atoms with E-state index in [9.17, 15) is 4.79 Å². The fourth-order valence-corrected chi connectivity index (χ4v) is 0.924. The monoisotopic (exact) mass is 190 g/mol. The van der Waals surface area contributed by atoms with E-state index in [1.165, 1.54) is 7.11 Å². The minimum absolute atomic E-state index is 0.388. The molecule has 0 fully saturated rings. The van der Waals surface area contributed by atoms with Crippen molar-refractivity contribution < 1.29 is 9.53 Å². The molecule has 0 aromatic carbocycles. The standard InChI is InChI=1S/C10H10N2O2/c1-7-5-8(12-9(11)6-7)3-4-10(13)14-2/h5-6H,1-2H3,(H2,11,12). The molecule has 14 heavy (non-hydrogen) atoms. The molecular formula is C10H10N2O2. The molecule has 4 heteroatoms. The highest BCUT2D eigenvalue weighted by Crippen LogP contribution is 2.04. The molecule has 2 N–H and O–H groups in total. The van der Waals surface area contributed by atoms with Crippen LogP contribution in [0.1, 0.15) is 11.3 Å². The molecule has 0 aliphatic heterocycles. The number of esters is 1. The average molecular weight is 190 g/mol. The third kappa shape index (κ3) is 2.79. The summed E-state index contributed by atoms with van der Waals surface area (Å²) in [5.74, 6) is 4.63. The minimum Gasteiger partial charge on any atom is -0.459 e. The van der Waals surface area contributed by atoms with Crippen molar-refractivity contribution in [1.82, 2.24) is 4.98 Å². The van der Waals surface area contributed by atoms with E-state index in [4.69, 9.17) is 5.73 Å². The van der Waals surface area contributed by atoms with Crippen molar-refractivity contribution in [3.8, 4) is 11.8 Å². The predicted octanol–water partition coefficient (Wildman–Crippen LogP) is 0.497. The molecule has 1 rings (SSSR count). The van der Waals surface area contributed by atoms with Crippen molar-refractivity contribution >= 4 is 11.8 Å². The van der Waals surface area contributed by atoms with Crippen molar-refractivity contribution in [2.45, 2.75) is 6.92 Å². The third-order valence-electron chi connectivity index (χ3n) is 1.47. The van der Waals surface area contributed by atoms with E-state index in [0.29, 0.717) is 11.5 Å². The molecule has 0 aliphatic rings. The van der Waals surface area contributed by atoms with Gasteiger partial charge in [0.05, 0.1) is 7.11 Å². The van der Waals surface area contributed by atoms with Gasteiger partial charge in [0, 0.05) is 5.92 Å². The number of hydrogen-bond acceptors (Lipinski definition) is 4. The third-order valence-corrected chi connectivity index (χ3v) is 1.47. The molecule has 1 aromatic rings. The number of aryl methyl sites for hydroxylation is 1. The maximum absolute atomic E-state index is 10.7. The number of carbonyl (C=O) groups is 1. The zero-order valence-corrected chi connectivity index (χ0v) is 8.00. The van der Waals surface area contributed by atoms with Gasteiger partial charge in [0.1, 0.15) is 11.5 Å². The number of anilines is 1. The fraction of sp³-hybridized carbons (Fsp3) is 0.200. The summed E-state index contributed by atoms with van der Waals surface area (Å²) >= 11 is 0. The van der Waals surface area contributed by atoms with E-state index in [1.54, 1.807) is 12.1 Å². The minimum atomic E-state index is -0.591. The lowest BCUT2D eigenvalue weighted by atomic mass is 10.2. The molecule has 0 atom stereocenters. The number of hydrogen-bond donors (Lipinski definition) is 1. The molecular weight excluding hydrogens is 180 g/mol. The molecule has 0 bridgehead atoms. The highest BCUT2D eigenvalue weighted by Gasteiger charge is 1.95. The Balaban J connectivity index is 2.95. The van der Waals surface area contributed by atoms with Crippen LogP contribution >= 0.6 is 0 Å². The Kier molecular flexibility index (Phi) is 3.08. The second-order valence-electron chi connectivity index (χ2n) is 2.70. The van der Waals surface area contributed by atoms with Crippen LogP contribution in [0.15, 0.2) is 12.1 Å². The number of nitrogen functional groups attached to an aromatic ring is 1. The van der Waals surface area contributed by atoms with Gasteiger partial charge in [-0.15, -0.1) is 0 Å². The van der Waals surface area contributed by atoms with Gasteiger partial charge < -0.3 is 10.5 Å². The summed E-state index contributed by atoms with van der Waals surface area (Å²) in [6.07, 6.45) is 0. The Morgan fingerprint density at radius 2 is 2.29 bits per heavy atom. The number of rotatable bonds is 0. The molecule has 0 saturated carbocycles. The zero-order chi connectivity index (χ0) is 10.6. The fourth-order valence-electron chi connectivity index (χ4n) is 0.924. The van der Waals surface area contributed by atoms with E-state index in [2.05, 4.69) is 21.6 Å². The van der Waals surface area contributed by atoms with Crippen LogP contribution in [0, 0.1) is 18.8 Å². The van der Waals surface area contributed by atoms with E-state index in [1.807, 2.05) is 6.92 Å². The number of nitrogens with zero attached hydrogens (tertiary/aromatic N) is 1. The number of aromatic nitrogens is 1. The van der Waals surface area contributed by atoms with Crippen LogP contribution in [0.3, 0.4) is 0 Å². The van der Waals surface area contributed by atoms with Crippen molar-refractivity contribution in [3.05, 3.63) is 23.4 Å². The van der Waals surface area contributed by atoms with E-state index in [-0.39, 0.29) is 0 Å². The molecule has 0 aliphatic carbocycles. The van der Waals surface area contributed by atoms with Crippen LogP contribution < -0.4 is 5.73 Å². The van der Waals surface area contributed by atoms with Crippen molar-refractivity contribution in [2.75, 3.05) is 12.8 Å². The number of ether oxygens (including phenoxy) is 1. The number of carbonyl (C=O) groups excluding carboxylic acids is 1. The molecule has 0 radical (unpaired) electrons. The normalized spacial score (nSPS) is 8.71. The van der Waals surface area contributed by atoms with Gasteiger partial charge in [0.2, 0.25) is 0 Å². The summed E-state index contributed by atoms with van der Waals surface area (Å²) < 4.78 is 4.36. The van der Waals surface area contributed by atoms with E-state index in [0.717, 1.165) is 5.56 Å². The maximum Gasteiger partial charge on any atom is 0.384 e. The Bertz CT molecular complexity index is 396. The summed E-state index contributed by atoms with van der Waals surface area (Å²) in [7, 11) is 1.27. The summed E-state index contributed by atoms with van der Waals surface area (Å²) in [6.45, 7) is 1.88.